The molecule has 2 aromatic carbocycles. The average molecular weight is 401 g/mol. The minimum Gasteiger partial charge on any atom is -0.494 e. The number of aromatic nitrogens is 2. The molecule has 146 valence electrons. The predicted octanol–water partition coefficient (Wildman–Crippen LogP) is 2.72. The molecule has 1 amide bonds. The maximum atomic E-state index is 12.2. The van der Waals surface area contributed by atoms with Gasteiger partial charge in [0.25, 0.3) is 0 Å². The van der Waals surface area contributed by atoms with Gasteiger partial charge in [-0.2, -0.15) is 0 Å². The number of sulfone groups is 1. The number of nitrogens with one attached hydrogen (secondary N) is 1. The van der Waals surface area contributed by atoms with Crippen LogP contribution in [0.1, 0.15) is 12.5 Å². The first-order chi connectivity index (χ1) is 13.3. The molecular weight excluding hydrogens is 382 g/mol. The summed E-state index contributed by atoms with van der Waals surface area (Å²) in [7, 11) is -3.27. The van der Waals surface area contributed by atoms with Gasteiger partial charge >= 0.3 is 6.01 Å². The molecule has 28 heavy (non-hydrogen) atoms. The van der Waals surface area contributed by atoms with Crippen molar-refractivity contribution < 1.29 is 22.4 Å². The zero-order valence-electron chi connectivity index (χ0n) is 15.4. The minimum absolute atomic E-state index is 0.0124. The lowest BCUT2D eigenvalue weighted by atomic mass is 10.1. The highest BCUT2D eigenvalue weighted by molar-refractivity contribution is 7.90. The highest BCUT2D eigenvalue weighted by atomic mass is 32.2. The van der Waals surface area contributed by atoms with Gasteiger partial charge in [-0.3, -0.25) is 10.1 Å². The monoisotopic (exact) mass is 401 g/mol. The number of ether oxygens (including phenoxy) is 1. The zero-order chi connectivity index (χ0) is 20.1. The van der Waals surface area contributed by atoms with Crippen molar-refractivity contribution in [2.45, 2.75) is 18.2 Å². The molecule has 0 spiro atoms. The Bertz CT molecular complexity index is 1060. The van der Waals surface area contributed by atoms with Crippen LogP contribution in [0.3, 0.4) is 0 Å². The molecule has 3 rings (SSSR count). The number of hydrogen-bond donors (Lipinski definition) is 1. The first-order valence-corrected chi connectivity index (χ1v) is 10.4. The van der Waals surface area contributed by atoms with Crippen molar-refractivity contribution in [2.75, 3.05) is 18.2 Å². The Kier molecular flexibility index (Phi) is 5.74. The number of anilines is 1. The molecule has 0 saturated carbocycles. The largest absolute Gasteiger partial charge is 0.494 e. The SMILES string of the molecule is CCOc1ccc(-c2nnc(NC(=O)Cc3ccc(S(C)(=O)=O)cc3)o2)cc1. The van der Waals surface area contributed by atoms with E-state index in [0.717, 1.165) is 12.0 Å². The number of nitrogens with zero attached hydrogens (tertiary/aromatic N) is 2. The summed E-state index contributed by atoms with van der Waals surface area (Å²) in [6, 6.07) is 13.3. The van der Waals surface area contributed by atoms with Gasteiger partial charge in [-0.25, -0.2) is 8.42 Å². The maximum absolute atomic E-state index is 12.2. The molecule has 9 heteroatoms. The summed E-state index contributed by atoms with van der Waals surface area (Å²) in [6.45, 7) is 2.48. The predicted molar refractivity (Wildman–Crippen MR) is 103 cm³/mol. The fourth-order valence-corrected chi connectivity index (χ4v) is 3.08. The molecule has 0 atom stereocenters. The van der Waals surface area contributed by atoms with E-state index in [1.807, 2.05) is 6.92 Å². The van der Waals surface area contributed by atoms with Gasteiger partial charge in [0.05, 0.1) is 17.9 Å². The molecule has 0 bridgehead atoms. The maximum Gasteiger partial charge on any atom is 0.322 e. The number of benzene rings is 2. The first kappa shape index (κ1) is 19.6. The second-order valence-electron chi connectivity index (χ2n) is 6.01. The van der Waals surface area contributed by atoms with Crippen LogP contribution in [0, 0.1) is 0 Å². The molecule has 1 aromatic heterocycles. The molecule has 0 aliphatic carbocycles. The third-order valence-corrected chi connectivity index (χ3v) is 4.93. The van der Waals surface area contributed by atoms with Crippen LogP contribution in [0.25, 0.3) is 11.5 Å². The van der Waals surface area contributed by atoms with E-state index in [0.29, 0.717) is 17.7 Å². The quantitative estimate of drug-likeness (QED) is 0.648. The summed E-state index contributed by atoms with van der Waals surface area (Å²) >= 11 is 0. The third-order valence-electron chi connectivity index (χ3n) is 3.80. The highest BCUT2D eigenvalue weighted by Crippen LogP contribution is 2.22. The highest BCUT2D eigenvalue weighted by Gasteiger charge is 2.13. The van der Waals surface area contributed by atoms with E-state index in [2.05, 4.69) is 15.5 Å². The topological polar surface area (TPSA) is 111 Å². The van der Waals surface area contributed by atoms with E-state index < -0.39 is 9.84 Å². The number of rotatable bonds is 7. The molecule has 1 N–H and O–H groups in total. The Hall–Kier alpha value is -3.20. The van der Waals surface area contributed by atoms with Crippen molar-refractivity contribution in [3.05, 3.63) is 54.1 Å². The standard InChI is InChI=1S/C19H19N3O5S/c1-3-26-15-8-6-14(7-9-15)18-21-22-19(27-18)20-17(23)12-13-4-10-16(11-5-13)28(2,24)25/h4-11H,3,12H2,1-2H3,(H,20,22,23). The zero-order valence-corrected chi connectivity index (χ0v) is 16.2. The van der Waals surface area contributed by atoms with Gasteiger partial charge < -0.3 is 9.15 Å². The molecular formula is C19H19N3O5S. The lowest BCUT2D eigenvalue weighted by Gasteiger charge is -2.03. The molecule has 3 aromatic rings. The van der Waals surface area contributed by atoms with Gasteiger partial charge in [0.15, 0.2) is 9.84 Å². The minimum atomic E-state index is -3.27. The van der Waals surface area contributed by atoms with Crippen molar-refractivity contribution in [2.24, 2.45) is 0 Å². The third kappa shape index (κ3) is 4.95. The molecule has 0 fully saturated rings. The van der Waals surface area contributed by atoms with Crippen LogP contribution in [0.4, 0.5) is 6.01 Å². The van der Waals surface area contributed by atoms with E-state index in [1.54, 1.807) is 36.4 Å². The lowest BCUT2D eigenvalue weighted by Crippen LogP contribution is -2.14. The second-order valence-corrected chi connectivity index (χ2v) is 8.03. The number of carbonyl (C=O) groups excluding carboxylic acids is 1. The Morgan fingerprint density at radius 3 is 2.36 bits per heavy atom. The Labute approximate surface area is 162 Å². The van der Waals surface area contributed by atoms with Gasteiger partial charge in [0, 0.05) is 11.8 Å². The van der Waals surface area contributed by atoms with Crippen molar-refractivity contribution in [1.29, 1.82) is 0 Å². The molecule has 0 radical (unpaired) electrons. The van der Waals surface area contributed by atoms with Crippen molar-refractivity contribution in [1.82, 2.24) is 10.2 Å². The van der Waals surface area contributed by atoms with Crippen LogP contribution >= 0.6 is 0 Å². The van der Waals surface area contributed by atoms with Gasteiger partial charge in [0.2, 0.25) is 11.8 Å². The van der Waals surface area contributed by atoms with E-state index in [-0.39, 0.29) is 29.1 Å². The summed E-state index contributed by atoms with van der Waals surface area (Å²) in [4.78, 5) is 12.4. The van der Waals surface area contributed by atoms with Crippen molar-refractivity contribution in [3.63, 3.8) is 0 Å². The fourth-order valence-electron chi connectivity index (χ4n) is 2.45. The summed E-state index contributed by atoms with van der Waals surface area (Å²) in [5.74, 6) is 0.658. The van der Waals surface area contributed by atoms with Gasteiger partial charge in [-0.15, -0.1) is 5.10 Å². The molecule has 1 heterocycles. The number of carbonyl (C=O) groups is 1. The van der Waals surface area contributed by atoms with E-state index >= 15 is 0 Å². The van der Waals surface area contributed by atoms with Gasteiger partial charge in [-0.05, 0) is 48.9 Å². The molecule has 0 unspecified atom stereocenters. The fraction of sp³-hybridized carbons (Fsp3) is 0.211. The lowest BCUT2D eigenvalue weighted by molar-refractivity contribution is -0.115. The number of amides is 1. The summed E-state index contributed by atoms with van der Waals surface area (Å²) in [5, 5.41) is 10.3. The normalized spacial score (nSPS) is 11.2. The molecule has 0 aliphatic heterocycles. The van der Waals surface area contributed by atoms with Gasteiger partial charge in [0.1, 0.15) is 5.75 Å². The Morgan fingerprint density at radius 2 is 1.75 bits per heavy atom. The Balaban J connectivity index is 1.62. The van der Waals surface area contributed by atoms with Crippen LogP contribution in [-0.2, 0) is 21.1 Å². The molecule has 0 aliphatic rings. The van der Waals surface area contributed by atoms with E-state index in [1.165, 1.54) is 12.1 Å². The summed E-state index contributed by atoms with van der Waals surface area (Å²) in [5.41, 5.74) is 1.36. The van der Waals surface area contributed by atoms with Gasteiger partial charge in [-0.1, -0.05) is 17.2 Å². The van der Waals surface area contributed by atoms with Crippen LogP contribution in [0.15, 0.2) is 57.8 Å². The average Bonchev–Trinajstić information content (AvgIpc) is 3.10. The van der Waals surface area contributed by atoms with Crippen molar-refractivity contribution in [3.8, 4) is 17.2 Å². The molecule has 8 nitrogen and oxygen atoms in total. The van der Waals surface area contributed by atoms with E-state index in [4.69, 9.17) is 9.15 Å². The molecule has 0 saturated heterocycles. The van der Waals surface area contributed by atoms with E-state index in [9.17, 15) is 13.2 Å². The summed E-state index contributed by atoms with van der Waals surface area (Å²) < 4.78 is 33.8. The van der Waals surface area contributed by atoms with Crippen molar-refractivity contribution >= 4 is 21.8 Å². The van der Waals surface area contributed by atoms with Crippen LogP contribution < -0.4 is 10.1 Å². The van der Waals surface area contributed by atoms with Crippen LogP contribution in [0.5, 0.6) is 5.75 Å². The van der Waals surface area contributed by atoms with Crippen LogP contribution in [-0.4, -0.2) is 37.4 Å². The second kappa shape index (κ2) is 8.22. The first-order valence-electron chi connectivity index (χ1n) is 8.51. The Morgan fingerprint density at radius 1 is 1.07 bits per heavy atom. The smallest absolute Gasteiger partial charge is 0.322 e. The number of hydrogen-bond acceptors (Lipinski definition) is 7. The summed E-state index contributed by atoms with van der Waals surface area (Å²) in [6.07, 6.45) is 1.18. The van der Waals surface area contributed by atoms with Crippen LogP contribution in [0.2, 0.25) is 0 Å².